The van der Waals surface area contributed by atoms with Gasteiger partial charge in [-0.1, -0.05) is 23.4 Å². The summed E-state index contributed by atoms with van der Waals surface area (Å²) < 4.78 is 1.99. The zero-order valence-corrected chi connectivity index (χ0v) is 9.93. The number of rotatable bonds is 2. The van der Waals surface area contributed by atoms with Crippen molar-refractivity contribution in [1.29, 1.82) is 0 Å². The molecule has 1 aliphatic rings. The molecule has 1 aromatic heterocycles. The highest BCUT2D eigenvalue weighted by atomic mass is 15.4. The third-order valence-corrected chi connectivity index (χ3v) is 3.39. The van der Waals surface area contributed by atoms with Gasteiger partial charge < -0.3 is 5.32 Å². The van der Waals surface area contributed by atoms with E-state index in [1.165, 1.54) is 16.9 Å². The number of aromatic nitrogens is 3. The summed E-state index contributed by atoms with van der Waals surface area (Å²) in [5.41, 5.74) is 3.88. The molecule has 1 aromatic carbocycles. The Bertz CT molecular complexity index is 518. The summed E-state index contributed by atoms with van der Waals surface area (Å²) in [5.74, 6) is 0.472. The molecule has 0 fully saturated rings. The van der Waals surface area contributed by atoms with Crippen molar-refractivity contribution in [2.45, 2.75) is 25.8 Å². The SMILES string of the molecule is CCn1nncc1C1CNc2ccccc2C1. The lowest BCUT2D eigenvalue weighted by atomic mass is 9.92. The van der Waals surface area contributed by atoms with Crippen molar-refractivity contribution in [1.82, 2.24) is 15.0 Å². The van der Waals surface area contributed by atoms with Crippen LogP contribution in [0.4, 0.5) is 5.69 Å². The zero-order chi connectivity index (χ0) is 11.7. The Balaban J connectivity index is 1.89. The monoisotopic (exact) mass is 228 g/mol. The van der Waals surface area contributed by atoms with Gasteiger partial charge in [-0.2, -0.15) is 0 Å². The fraction of sp³-hybridized carbons (Fsp3) is 0.385. The largest absolute Gasteiger partial charge is 0.384 e. The van der Waals surface area contributed by atoms with Crippen LogP contribution < -0.4 is 5.32 Å². The first-order valence-corrected chi connectivity index (χ1v) is 6.08. The number of aryl methyl sites for hydroxylation is 1. The van der Waals surface area contributed by atoms with E-state index >= 15 is 0 Å². The Kier molecular flexibility index (Phi) is 2.55. The van der Waals surface area contributed by atoms with Gasteiger partial charge in [-0.25, -0.2) is 4.68 Å². The number of hydrogen-bond donors (Lipinski definition) is 1. The van der Waals surface area contributed by atoms with E-state index in [1.54, 1.807) is 0 Å². The third-order valence-electron chi connectivity index (χ3n) is 3.39. The number of nitrogens with one attached hydrogen (secondary N) is 1. The van der Waals surface area contributed by atoms with Crippen LogP contribution >= 0.6 is 0 Å². The van der Waals surface area contributed by atoms with E-state index < -0.39 is 0 Å². The number of benzene rings is 1. The number of nitrogens with zero attached hydrogens (tertiary/aromatic N) is 3. The lowest BCUT2D eigenvalue weighted by Crippen LogP contribution is -2.23. The standard InChI is InChI=1S/C13H16N4/c1-2-17-13(9-15-16-17)11-7-10-5-3-4-6-12(10)14-8-11/h3-6,9,11,14H,2,7-8H2,1H3. The molecule has 17 heavy (non-hydrogen) atoms. The molecule has 0 bridgehead atoms. The molecule has 4 heteroatoms. The Morgan fingerprint density at radius 1 is 1.41 bits per heavy atom. The summed E-state index contributed by atoms with van der Waals surface area (Å²) in [4.78, 5) is 0. The van der Waals surface area contributed by atoms with Crippen LogP contribution in [0.5, 0.6) is 0 Å². The predicted molar refractivity (Wildman–Crippen MR) is 67.1 cm³/mol. The molecule has 0 radical (unpaired) electrons. The van der Waals surface area contributed by atoms with E-state index in [2.05, 4.69) is 46.8 Å². The summed E-state index contributed by atoms with van der Waals surface area (Å²) in [7, 11) is 0. The molecule has 1 aliphatic heterocycles. The van der Waals surface area contributed by atoms with Crippen LogP contribution in [0.25, 0.3) is 0 Å². The van der Waals surface area contributed by atoms with Crippen LogP contribution in [0.3, 0.4) is 0 Å². The summed E-state index contributed by atoms with van der Waals surface area (Å²) in [6, 6.07) is 8.50. The Morgan fingerprint density at radius 3 is 3.18 bits per heavy atom. The first-order chi connectivity index (χ1) is 8.38. The molecule has 3 rings (SSSR count). The Labute approximate surface area is 101 Å². The second-order valence-corrected chi connectivity index (χ2v) is 4.41. The summed E-state index contributed by atoms with van der Waals surface area (Å²) in [6.45, 7) is 3.94. The first-order valence-electron chi connectivity index (χ1n) is 6.08. The molecular weight excluding hydrogens is 212 g/mol. The maximum Gasteiger partial charge on any atom is 0.0728 e. The maximum atomic E-state index is 4.10. The smallest absolute Gasteiger partial charge is 0.0728 e. The van der Waals surface area contributed by atoms with E-state index in [-0.39, 0.29) is 0 Å². The van der Waals surface area contributed by atoms with E-state index in [0.29, 0.717) is 5.92 Å². The zero-order valence-electron chi connectivity index (χ0n) is 9.93. The molecule has 0 saturated carbocycles. The average Bonchev–Trinajstić information content (AvgIpc) is 2.86. The van der Waals surface area contributed by atoms with Gasteiger partial charge in [0.05, 0.1) is 11.9 Å². The minimum absolute atomic E-state index is 0.472. The van der Waals surface area contributed by atoms with Gasteiger partial charge in [-0.05, 0) is 25.0 Å². The van der Waals surface area contributed by atoms with E-state index in [9.17, 15) is 0 Å². The lowest BCUT2D eigenvalue weighted by molar-refractivity contribution is 0.552. The first kappa shape index (κ1) is 10.3. The van der Waals surface area contributed by atoms with Crippen molar-refractivity contribution in [3.8, 4) is 0 Å². The van der Waals surface area contributed by atoms with Gasteiger partial charge in [0.1, 0.15) is 0 Å². The molecule has 0 amide bonds. The average molecular weight is 228 g/mol. The van der Waals surface area contributed by atoms with Crippen LogP contribution in [0.1, 0.15) is 24.1 Å². The number of fused-ring (bicyclic) bond motifs is 1. The van der Waals surface area contributed by atoms with Gasteiger partial charge in [0.15, 0.2) is 0 Å². The van der Waals surface area contributed by atoms with Crippen LogP contribution in [-0.2, 0) is 13.0 Å². The van der Waals surface area contributed by atoms with Crippen LogP contribution in [-0.4, -0.2) is 21.5 Å². The number of hydrogen-bond acceptors (Lipinski definition) is 3. The number of para-hydroxylation sites is 1. The fourth-order valence-corrected chi connectivity index (χ4v) is 2.48. The summed E-state index contributed by atoms with van der Waals surface area (Å²) >= 11 is 0. The molecule has 2 heterocycles. The highest BCUT2D eigenvalue weighted by Crippen LogP contribution is 2.29. The molecular formula is C13H16N4. The normalized spacial score (nSPS) is 18.5. The molecule has 0 aliphatic carbocycles. The fourth-order valence-electron chi connectivity index (χ4n) is 2.48. The van der Waals surface area contributed by atoms with Gasteiger partial charge in [-0.3, -0.25) is 0 Å². The van der Waals surface area contributed by atoms with E-state index in [0.717, 1.165) is 19.5 Å². The number of anilines is 1. The molecule has 88 valence electrons. The van der Waals surface area contributed by atoms with Crippen LogP contribution in [0, 0.1) is 0 Å². The molecule has 1 atom stereocenters. The Morgan fingerprint density at radius 2 is 2.29 bits per heavy atom. The topological polar surface area (TPSA) is 42.7 Å². The minimum atomic E-state index is 0.472. The Hall–Kier alpha value is -1.84. The van der Waals surface area contributed by atoms with Gasteiger partial charge in [-0.15, -0.1) is 5.10 Å². The van der Waals surface area contributed by atoms with Gasteiger partial charge in [0, 0.05) is 24.7 Å². The van der Waals surface area contributed by atoms with Crippen LogP contribution in [0.2, 0.25) is 0 Å². The van der Waals surface area contributed by atoms with Crippen molar-refractivity contribution in [3.63, 3.8) is 0 Å². The van der Waals surface area contributed by atoms with Crippen molar-refractivity contribution < 1.29 is 0 Å². The van der Waals surface area contributed by atoms with Gasteiger partial charge in [0.25, 0.3) is 0 Å². The lowest BCUT2D eigenvalue weighted by Gasteiger charge is -2.26. The minimum Gasteiger partial charge on any atom is -0.384 e. The molecule has 4 nitrogen and oxygen atoms in total. The van der Waals surface area contributed by atoms with E-state index in [4.69, 9.17) is 0 Å². The van der Waals surface area contributed by atoms with E-state index in [1.807, 2.05) is 10.9 Å². The van der Waals surface area contributed by atoms with Crippen molar-refractivity contribution in [3.05, 3.63) is 41.7 Å². The molecule has 1 N–H and O–H groups in total. The second kappa shape index (κ2) is 4.20. The maximum absolute atomic E-state index is 4.10. The molecule has 0 spiro atoms. The summed E-state index contributed by atoms with van der Waals surface area (Å²) in [6.07, 6.45) is 2.96. The van der Waals surface area contributed by atoms with Crippen LogP contribution in [0.15, 0.2) is 30.5 Å². The third kappa shape index (κ3) is 1.79. The quantitative estimate of drug-likeness (QED) is 0.855. The van der Waals surface area contributed by atoms with Crippen molar-refractivity contribution in [2.24, 2.45) is 0 Å². The van der Waals surface area contributed by atoms with Gasteiger partial charge >= 0.3 is 0 Å². The molecule has 2 aromatic rings. The van der Waals surface area contributed by atoms with Crippen molar-refractivity contribution >= 4 is 5.69 Å². The molecule has 1 unspecified atom stereocenters. The summed E-state index contributed by atoms with van der Waals surface area (Å²) in [5, 5.41) is 11.6. The second-order valence-electron chi connectivity index (χ2n) is 4.41. The van der Waals surface area contributed by atoms with Crippen molar-refractivity contribution in [2.75, 3.05) is 11.9 Å². The highest BCUT2D eigenvalue weighted by molar-refractivity contribution is 5.54. The van der Waals surface area contributed by atoms with Gasteiger partial charge in [0.2, 0.25) is 0 Å². The predicted octanol–water partition coefficient (Wildman–Crippen LogP) is 2.05. The highest BCUT2D eigenvalue weighted by Gasteiger charge is 2.22. The molecule has 0 saturated heterocycles.